The molecule has 21 heavy (non-hydrogen) atoms. The number of hydrogen-bond donors (Lipinski definition) is 0. The van der Waals surface area contributed by atoms with Crippen molar-refractivity contribution < 1.29 is 9.59 Å². The second-order valence-electron chi connectivity index (χ2n) is 5.69. The van der Waals surface area contributed by atoms with Crippen molar-refractivity contribution in [3.8, 4) is 0 Å². The van der Waals surface area contributed by atoms with Gasteiger partial charge in [0.15, 0.2) is 5.78 Å². The molecule has 0 atom stereocenters. The van der Waals surface area contributed by atoms with Gasteiger partial charge < -0.3 is 0 Å². The van der Waals surface area contributed by atoms with Crippen LogP contribution in [0.15, 0.2) is 17.2 Å². The molecule has 0 radical (unpaired) electrons. The van der Waals surface area contributed by atoms with E-state index in [1.807, 2.05) is 0 Å². The lowest BCUT2D eigenvalue weighted by Gasteiger charge is -2.20. The SMILES string of the molecule is O=C1CC(=O)/C(=C/c2ccnc(CC3CCCCC3)n2)S1. The van der Waals surface area contributed by atoms with E-state index in [-0.39, 0.29) is 17.3 Å². The largest absolute Gasteiger partial charge is 0.293 e. The molecule has 0 aromatic carbocycles. The van der Waals surface area contributed by atoms with Crippen LogP contribution in [0.3, 0.4) is 0 Å². The third-order valence-electron chi connectivity index (χ3n) is 4.01. The summed E-state index contributed by atoms with van der Waals surface area (Å²) < 4.78 is 0. The van der Waals surface area contributed by atoms with Crippen LogP contribution in [0.5, 0.6) is 0 Å². The topological polar surface area (TPSA) is 59.9 Å². The lowest BCUT2D eigenvalue weighted by atomic mass is 9.87. The first-order chi connectivity index (χ1) is 10.2. The summed E-state index contributed by atoms with van der Waals surface area (Å²) in [5, 5.41) is -0.0808. The standard InChI is InChI=1S/C16H18N2O2S/c19-13-10-16(20)21-14(13)9-12-6-7-17-15(18-12)8-11-4-2-1-3-5-11/h6-7,9,11H,1-5,8,10H2/b14-9-. The fraction of sp³-hybridized carbons (Fsp3) is 0.500. The van der Waals surface area contributed by atoms with Crippen molar-refractivity contribution in [1.82, 2.24) is 9.97 Å². The molecule has 110 valence electrons. The average molecular weight is 302 g/mol. The number of allylic oxidation sites excluding steroid dienone is 1. The number of hydrogen-bond acceptors (Lipinski definition) is 5. The Labute approximate surface area is 128 Å². The van der Waals surface area contributed by atoms with Crippen LogP contribution in [0.1, 0.15) is 50.0 Å². The van der Waals surface area contributed by atoms with Crippen molar-refractivity contribution in [2.45, 2.75) is 44.9 Å². The molecule has 3 rings (SSSR count). The third kappa shape index (κ3) is 3.79. The molecule has 1 aliphatic carbocycles. The maximum Gasteiger partial charge on any atom is 0.201 e. The van der Waals surface area contributed by atoms with Gasteiger partial charge in [-0.2, -0.15) is 0 Å². The molecule has 1 saturated heterocycles. The fourth-order valence-electron chi connectivity index (χ4n) is 2.92. The van der Waals surface area contributed by atoms with E-state index in [1.165, 1.54) is 32.1 Å². The van der Waals surface area contributed by atoms with Crippen molar-refractivity contribution in [2.24, 2.45) is 5.92 Å². The number of thioether (sulfide) groups is 1. The third-order valence-corrected chi connectivity index (χ3v) is 4.94. The molecular weight excluding hydrogens is 284 g/mol. The van der Waals surface area contributed by atoms with Crippen molar-refractivity contribution >= 4 is 28.7 Å². The minimum atomic E-state index is -0.0996. The van der Waals surface area contributed by atoms with E-state index >= 15 is 0 Å². The number of Topliss-reactive ketones (excluding diaryl/α,β-unsaturated/α-hetero) is 1. The van der Waals surface area contributed by atoms with E-state index in [9.17, 15) is 9.59 Å². The zero-order chi connectivity index (χ0) is 14.7. The van der Waals surface area contributed by atoms with Gasteiger partial charge in [0.05, 0.1) is 17.0 Å². The predicted molar refractivity (Wildman–Crippen MR) is 82.5 cm³/mol. The van der Waals surface area contributed by atoms with Gasteiger partial charge >= 0.3 is 0 Å². The summed E-state index contributed by atoms with van der Waals surface area (Å²) >= 11 is 1.02. The summed E-state index contributed by atoms with van der Waals surface area (Å²) in [4.78, 5) is 32.3. The summed E-state index contributed by atoms with van der Waals surface area (Å²) in [5.41, 5.74) is 0.723. The highest BCUT2D eigenvalue weighted by molar-refractivity contribution is 8.18. The molecule has 1 aromatic rings. The maximum absolute atomic E-state index is 11.6. The smallest absolute Gasteiger partial charge is 0.201 e. The van der Waals surface area contributed by atoms with Crippen LogP contribution in [-0.4, -0.2) is 20.9 Å². The summed E-state index contributed by atoms with van der Waals surface area (Å²) in [5.74, 6) is 1.43. The Bertz CT molecular complexity index is 592. The number of rotatable bonds is 3. The molecule has 1 aromatic heterocycles. The second kappa shape index (κ2) is 6.52. The molecule has 1 aliphatic heterocycles. The molecule has 5 heteroatoms. The normalized spacial score (nSPS) is 22.2. The highest BCUT2D eigenvalue weighted by Crippen LogP contribution is 2.30. The number of carbonyl (C=O) groups excluding carboxylic acids is 2. The molecule has 0 N–H and O–H groups in total. The monoisotopic (exact) mass is 302 g/mol. The second-order valence-corrected chi connectivity index (χ2v) is 6.79. The van der Waals surface area contributed by atoms with Crippen molar-refractivity contribution in [1.29, 1.82) is 0 Å². The Kier molecular flexibility index (Phi) is 4.48. The first-order valence-corrected chi connectivity index (χ1v) is 8.30. The van der Waals surface area contributed by atoms with Crippen LogP contribution in [0, 0.1) is 5.92 Å². The minimum absolute atomic E-state index is 0.0104. The van der Waals surface area contributed by atoms with Gasteiger partial charge in [0.1, 0.15) is 5.82 Å². The van der Waals surface area contributed by atoms with Gasteiger partial charge in [-0.15, -0.1) is 0 Å². The molecule has 2 fully saturated rings. The zero-order valence-electron chi connectivity index (χ0n) is 11.9. The van der Waals surface area contributed by atoms with Gasteiger partial charge in [0, 0.05) is 12.6 Å². The molecular formula is C16H18N2O2S. The molecule has 0 amide bonds. The molecule has 1 saturated carbocycles. The number of nitrogens with zero attached hydrogens (tertiary/aromatic N) is 2. The van der Waals surface area contributed by atoms with Crippen LogP contribution in [0.2, 0.25) is 0 Å². The van der Waals surface area contributed by atoms with E-state index < -0.39 is 0 Å². The highest BCUT2D eigenvalue weighted by atomic mass is 32.2. The van der Waals surface area contributed by atoms with E-state index in [0.29, 0.717) is 10.8 Å². The molecule has 0 unspecified atom stereocenters. The van der Waals surface area contributed by atoms with E-state index in [2.05, 4.69) is 9.97 Å². The van der Waals surface area contributed by atoms with Crippen LogP contribution in [0.25, 0.3) is 6.08 Å². The van der Waals surface area contributed by atoms with E-state index in [4.69, 9.17) is 0 Å². The van der Waals surface area contributed by atoms with Gasteiger partial charge in [-0.3, -0.25) is 9.59 Å². The van der Waals surface area contributed by atoms with Gasteiger partial charge in [-0.25, -0.2) is 9.97 Å². The lowest BCUT2D eigenvalue weighted by molar-refractivity contribution is -0.119. The summed E-state index contributed by atoms with van der Waals surface area (Å²) in [6.07, 6.45) is 10.9. The molecule has 2 heterocycles. The molecule has 0 bridgehead atoms. The number of ketones is 1. The van der Waals surface area contributed by atoms with Crippen LogP contribution in [-0.2, 0) is 16.0 Å². The Morgan fingerprint density at radius 3 is 2.76 bits per heavy atom. The summed E-state index contributed by atoms with van der Waals surface area (Å²) in [6, 6.07) is 1.79. The number of carbonyl (C=O) groups is 2. The van der Waals surface area contributed by atoms with E-state index in [0.717, 1.165) is 29.7 Å². The number of aromatic nitrogens is 2. The molecule has 2 aliphatic rings. The lowest BCUT2D eigenvalue weighted by Crippen LogP contribution is -2.11. The van der Waals surface area contributed by atoms with Crippen LogP contribution < -0.4 is 0 Å². The quantitative estimate of drug-likeness (QED) is 0.634. The van der Waals surface area contributed by atoms with E-state index in [1.54, 1.807) is 18.3 Å². The van der Waals surface area contributed by atoms with Gasteiger partial charge in [-0.1, -0.05) is 32.1 Å². The predicted octanol–water partition coefficient (Wildman–Crippen LogP) is 3.17. The first-order valence-electron chi connectivity index (χ1n) is 7.48. The maximum atomic E-state index is 11.6. The molecule has 0 spiro atoms. The first kappa shape index (κ1) is 14.4. The van der Waals surface area contributed by atoms with Crippen molar-refractivity contribution in [2.75, 3.05) is 0 Å². The highest BCUT2D eigenvalue weighted by Gasteiger charge is 2.26. The van der Waals surface area contributed by atoms with Gasteiger partial charge in [-0.05, 0) is 29.8 Å². The zero-order valence-corrected chi connectivity index (χ0v) is 12.7. The molecule has 4 nitrogen and oxygen atoms in total. The Morgan fingerprint density at radius 2 is 2.05 bits per heavy atom. The van der Waals surface area contributed by atoms with Gasteiger partial charge in [0.25, 0.3) is 0 Å². The Balaban J connectivity index is 1.72. The average Bonchev–Trinajstić information content (AvgIpc) is 2.78. The van der Waals surface area contributed by atoms with Crippen molar-refractivity contribution in [3.05, 3.63) is 28.7 Å². The van der Waals surface area contributed by atoms with Crippen LogP contribution >= 0.6 is 11.8 Å². The fourth-order valence-corrected chi connectivity index (χ4v) is 3.74. The minimum Gasteiger partial charge on any atom is -0.293 e. The van der Waals surface area contributed by atoms with Crippen molar-refractivity contribution in [3.63, 3.8) is 0 Å². The summed E-state index contributed by atoms with van der Waals surface area (Å²) in [6.45, 7) is 0. The van der Waals surface area contributed by atoms with Crippen LogP contribution in [0.4, 0.5) is 0 Å². The van der Waals surface area contributed by atoms with Gasteiger partial charge in [0.2, 0.25) is 5.12 Å². The Hall–Kier alpha value is -1.49. The summed E-state index contributed by atoms with van der Waals surface area (Å²) in [7, 11) is 0. The Morgan fingerprint density at radius 1 is 1.24 bits per heavy atom.